The van der Waals surface area contributed by atoms with Crippen LogP contribution in [0.4, 0.5) is 4.39 Å². The fourth-order valence-corrected chi connectivity index (χ4v) is 4.39. The van der Waals surface area contributed by atoms with Crippen LogP contribution in [0, 0.1) is 5.82 Å². The van der Waals surface area contributed by atoms with Crippen LogP contribution in [0.2, 0.25) is 0 Å². The van der Waals surface area contributed by atoms with Gasteiger partial charge < -0.3 is 15.4 Å². The fourth-order valence-electron chi connectivity index (χ4n) is 4.39. The Morgan fingerprint density at radius 2 is 1.69 bits per heavy atom. The molecule has 32 heavy (non-hydrogen) atoms. The molecule has 6 nitrogen and oxygen atoms in total. The topological polar surface area (TPSA) is 78.8 Å². The van der Waals surface area contributed by atoms with Crippen molar-refractivity contribution in [2.45, 2.75) is 13.1 Å². The molecule has 3 aromatic carbocycles. The molecule has 0 saturated heterocycles. The number of imidazole rings is 1. The van der Waals surface area contributed by atoms with Crippen molar-refractivity contribution in [1.82, 2.24) is 25.1 Å². The summed E-state index contributed by atoms with van der Waals surface area (Å²) < 4.78 is 15.7. The monoisotopic (exact) mass is 425 g/mol. The predicted molar refractivity (Wildman–Crippen MR) is 121 cm³/mol. The molecule has 0 radical (unpaired) electrons. The molecular formula is C25H20FN5O. The first kappa shape index (κ1) is 18.8. The molecule has 0 atom stereocenters. The lowest BCUT2D eigenvalue weighted by molar-refractivity contribution is 0.478. The zero-order valence-electron chi connectivity index (χ0n) is 17.4. The van der Waals surface area contributed by atoms with Crippen LogP contribution in [-0.2, 0) is 20.1 Å². The maximum Gasteiger partial charge on any atom is 0.173 e. The van der Waals surface area contributed by atoms with E-state index in [1.807, 2.05) is 30.3 Å². The summed E-state index contributed by atoms with van der Waals surface area (Å²) in [4.78, 5) is 8.03. The van der Waals surface area contributed by atoms with Crippen molar-refractivity contribution in [1.29, 1.82) is 0 Å². The Kier molecular flexibility index (Phi) is 4.13. The number of hydrogen-bond donors (Lipinski definition) is 3. The van der Waals surface area contributed by atoms with Gasteiger partial charge in [-0.3, -0.25) is 4.68 Å². The maximum absolute atomic E-state index is 14.1. The fraction of sp³-hybridized carbons (Fsp3) is 0.120. The lowest BCUT2D eigenvalue weighted by atomic mass is 10.0. The van der Waals surface area contributed by atoms with Gasteiger partial charge in [-0.2, -0.15) is 5.10 Å². The Balaban J connectivity index is 1.39. The quantitative estimate of drug-likeness (QED) is 0.390. The summed E-state index contributed by atoms with van der Waals surface area (Å²) in [5.74, 6) is 0.354. The van der Waals surface area contributed by atoms with E-state index in [0.717, 1.165) is 35.2 Å². The first-order chi connectivity index (χ1) is 15.6. The lowest BCUT2D eigenvalue weighted by Crippen LogP contribution is -1.99. The van der Waals surface area contributed by atoms with Crippen LogP contribution >= 0.6 is 0 Å². The number of H-pyrrole nitrogens is 1. The standard InChI is InChI=1S/C25H20FN5O/c1-31-23(25-28-20-10-16-12-27-13-17(16)11-21(20)29-25)24(32)22(30-31)15-8-6-14(7-9-15)18-4-2-3-5-19(18)26/h2-11,27,32H,12-13H2,1H3,(H,28,29). The van der Waals surface area contributed by atoms with Gasteiger partial charge in [0.25, 0.3) is 0 Å². The van der Waals surface area contributed by atoms with Crippen molar-refractivity contribution in [2.75, 3.05) is 0 Å². The van der Waals surface area contributed by atoms with Crippen LogP contribution < -0.4 is 5.32 Å². The van der Waals surface area contributed by atoms with Gasteiger partial charge in [-0.25, -0.2) is 9.37 Å². The van der Waals surface area contributed by atoms with Crippen molar-refractivity contribution in [2.24, 2.45) is 7.05 Å². The molecule has 3 heterocycles. The number of benzene rings is 3. The second kappa shape index (κ2) is 7.03. The average Bonchev–Trinajstić information content (AvgIpc) is 3.49. The SMILES string of the molecule is Cn1nc(-c2ccc(-c3ccccc3F)cc2)c(O)c1-c1nc2cc3c(cc2[nH]1)CNC3. The van der Waals surface area contributed by atoms with E-state index in [2.05, 4.69) is 27.5 Å². The number of fused-ring (bicyclic) bond motifs is 2. The van der Waals surface area contributed by atoms with Gasteiger partial charge in [0.15, 0.2) is 11.6 Å². The van der Waals surface area contributed by atoms with E-state index in [4.69, 9.17) is 4.98 Å². The molecule has 0 bridgehead atoms. The number of aromatic nitrogens is 4. The normalized spacial score (nSPS) is 13.1. The summed E-state index contributed by atoms with van der Waals surface area (Å²) in [6, 6.07) is 18.2. The number of hydrogen-bond acceptors (Lipinski definition) is 4. The highest BCUT2D eigenvalue weighted by molar-refractivity contribution is 5.84. The minimum atomic E-state index is -0.269. The van der Waals surface area contributed by atoms with E-state index in [9.17, 15) is 9.50 Å². The number of halogens is 1. The van der Waals surface area contributed by atoms with Crippen molar-refractivity contribution in [3.8, 4) is 39.7 Å². The number of aromatic amines is 1. The summed E-state index contributed by atoms with van der Waals surface area (Å²) in [6.45, 7) is 1.70. The lowest BCUT2D eigenvalue weighted by Gasteiger charge is -2.04. The molecule has 5 aromatic rings. The molecule has 0 amide bonds. The number of aryl methyl sites for hydroxylation is 1. The highest BCUT2D eigenvalue weighted by Gasteiger charge is 2.22. The molecule has 158 valence electrons. The molecule has 2 aromatic heterocycles. The molecule has 7 heteroatoms. The van der Waals surface area contributed by atoms with Crippen LogP contribution in [0.15, 0.2) is 60.7 Å². The van der Waals surface area contributed by atoms with E-state index < -0.39 is 0 Å². The van der Waals surface area contributed by atoms with E-state index in [0.29, 0.717) is 22.8 Å². The van der Waals surface area contributed by atoms with Crippen molar-refractivity contribution < 1.29 is 9.50 Å². The van der Waals surface area contributed by atoms with Gasteiger partial charge in [0.2, 0.25) is 0 Å². The summed E-state index contributed by atoms with van der Waals surface area (Å²) >= 11 is 0. The molecule has 3 N–H and O–H groups in total. The largest absolute Gasteiger partial charge is 0.504 e. The third-order valence-corrected chi connectivity index (χ3v) is 6.02. The first-order valence-electron chi connectivity index (χ1n) is 10.4. The second-order valence-electron chi connectivity index (χ2n) is 8.05. The molecular weight excluding hydrogens is 405 g/mol. The van der Waals surface area contributed by atoms with Crippen molar-refractivity contribution >= 4 is 11.0 Å². The van der Waals surface area contributed by atoms with E-state index in [1.54, 1.807) is 23.9 Å². The maximum atomic E-state index is 14.1. The smallest absolute Gasteiger partial charge is 0.173 e. The molecule has 1 aliphatic rings. The highest BCUT2D eigenvalue weighted by Crippen LogP contribution is 2.38. The number of nitrogens with zero attached hydrogens (tertiary/aromatic N) is 3. The Labute approximate surface area is 183 Å². The van der Waals surface area contributed by atoms with Crippen LogP contribution in [-0.4, -0.2) is 24.9 Å². The Morgan fingerprint density at radius 3 is 2.47 bits per heavy atom. The molecule has 0 saturated carbocycles. The van der Waals surface area contributed by atoms with Gasteiger partial charge in [-0.1, -0.05) is 42.5 Å². The van der Waals surface area contributed by atoms with Gasteiger partial charge in [-0.15, -0.1) is 0 Å². The highest BCUT2D eigenvalue weighted by atomic mass is 19.1. The second-order valence-corrected chi connectivity index (χ2v) is 8.05. The summed E-state index contributed by atoms with van der Waals surface area (Å²) in [6.07, 6.45) is 0. The zero-order valence-corrected chi connectivity index (χ0v) is 17.4. The van der Waals surface area contributed by atoms with Gasteiger partial charge in [0.05, 0.1) is 11.0 Å². The van der Waals surface area contributed by atoms with Gasteiger partial charge in [0, 0.05) is 31.3 Å². The van der Waals surface area contributed by atoms with Gasteiger partial charge in [-0.05, 0) is 34.9 Å². The van der Waals surface area contributed by atoms with Crippen LogP contribution in [0.25, 0.3) is 44.9 Å². The molecule has 0 aliphatic carbocycles. The third-order valence-electron chi connectivity index (χ3n) is 6.02. The van der Waals surface area contributed by atoms with Crippen molar-refractivity contribution in [3.05, 3.63) is 77.6 Å². The molecule has 0 fully saturated rings. The molecule has 0 spiro atoms. The summed E-state index contributed by atoms with van der Waals surface area (Å²) in [5.41, 5.74) is 7.32. The molecule has 0 unspecified atom stereocenters. The van der Waals surface area contributed by atoms with Crippen LogP contribution in [0.5, 0.6) is 5.75 Å². The number of rotatable bonds is 3. The van der Waals surface area contributed by atoms with Crippen LogP contribution in [0.3, 0.4) is 0 Å². The minimum absolute atomic E-state index is 0.0550. The molecule has 6 rings (SSSR count). The third kappa shape index (κ3) is 2.90. The Morgan fingerprint density at radius 1 is 0.969 bits per heavy atom. The summed E-state index contributed by atoms with van der Waals surface area (Å²) in [7, 11) is 1.78. The predicted octanol–water partition coefficient (Wildman–Crippen LogP) is 4.75. The van der Waals surface area contributed by atoms with E-state index in [1.165, 1.54) is 17.2 Å². The molecule has 1 aliphatic heterocycles. The van der Waals surface area contributed by atoms with Crippen molar-refractivity contribution in [3.63, 3.8) is 0 Å². The number of aromatic hydroxyl groups is 1. The van der Waals surface area contributed by atoms with Gasteiger partial charge in [0.1, 0.15) is 17.2 Å². The van der Waals surface area contributed by atoms with E-state index in [-0.39, 0.29) is 11.6 Å². The Bertz CT molecular complexity index is 1440. The summed E-state index contributed by atoms with van der Waals surface area (Å²) in [5, 5.41) is 18.9. The Hall–Kier alpha value is -3.97. The average molecular weight is 425 g/mol. The zero-order chi connectivity index (χ0) is 21.8. The van der Waals surface area contributed by atoms with Gasteiger partial charge >= 0.3 is 0 Å². The minimum Gasteiger partial charge on any atom is -0.504 e. The number of nitrogens with one attached hydrogen (secondary N) is 2. The van der Waals surface area contributed by atoms with Crippen LogP contribution in [0.1, 0.15) is 11.1 Å². The first-order valence-corrected chi connectivity index (χ1v) is 10.4. The van der Waals surface area contributed by atoms with E-state index >= 15 is 0 Å².